The number of hydrogen-bond donors (Lipinski definition) is 2. The van der Waals surface area contributed by atoms with Crippen molar-refractivity contribution in [3.63, 3.8) is 0 Å². The fraction of sp³-hybridized carbons (Fsp3) is 1.00. The fourth-order valence-electron chi connectivity index (χ4n) is 3.19. The summed E-state index contributed by atoms with van der Waals surface area (Å²) < 4.78 is 0. The van der Waals surface area contributed by atoms with Crippen LogP contribution in [-0.2, 0) is 0 Å². The first kappa shape index (κ1) is 16.0. The molecule has 0 radical (unpaired) electrons. The van der Waals surface area contributed by atoms with Crippen LogP contribution >= 0.6 is 0 Å². The Balaban J connectivity index is 2.34. The molecule has 0 amide bonds. The minimum Gasteiger partial charge on any atom is -0.389 e. The van der Waals surface area contributed by atoms with E-state index in [9.17, 15) is 5.11 Å². The third kappa shape index (κ3) is 5.27. The Labute approximate surface area is 114 Å². The second-order valence-electron chi connectivity index (χ2n) is 6.67. The van der Waals surface area contributed by atoms with E-state index in [1.54, 1.807) is 0 Å². The van der Waals surface area contributed by atoms with Crippen molar-refractivity contribution in [3.05, 3.63) is 0 Å². The average Bonchev–Trinajstić information content (AvgIpc) is 2.36. The summed E-state index contributed by atoms with van der Waals surface area (Å²) in [4.78, 5) is 0. The van der Waals surface area contributed by atoms with Gasteiger partial charge in [0.1, 0.15) is 0 Å². The van der Waals surface area contributed by atoms with Crippen LogP contribution in [0.4, 0.5) is 0 Å². The van der Waals surface area contributed by atoms with E-state index in [2.05, 4.69) is 33.0 Å². The molecule has 1 aliphatic carbocycles. The van der Waals surface area contributed by atoms with Gasteiger partial charge in [-0.25, -0.2) is 0 Å². The Morgan fingerprint density at radius 3 is 2.44 bits per heavy atom. The summed E-state index contributed by atoms with van der Waals surface area (Å²) in [7, 11) is 0. The molecule has 0 heterocycles. The minimum atomic E-state index is -0.495. The van der Waals surface area contributed by atoms with Gasteiger partial charge in [-0.2, -0.15) is 0 Å². The van der Waals surface area contributed by atoms with Crippen LogP contribution in [0.2, 0.25) is 0 Å². The summed E-state index contributed by atoms with van der Waals surface area (Å²) in [6, 6.07) is 0.632. The molecule has 108 valence electrons. The zero-order valence-corrected chi connectivity index (χ0v) is 12.8. The molecule has 0 aliphatic heterocycles. The molecule has 2 heteroatoms. The fourth-order valence-corrected chi connectivity index (χ4v) is 3.19. The Morgan fingerprint density at radius 2 is 1.89 bits per heavy atom. The third-order valence-electron chi connectivity index (χ3n) is 4.62. The van der Waals surface area contributed by atoms with Crippen LogP contribution in [0.1, 0.15) is 72.6 Å². The van der Waals surface area contributed by atoms with Gasteiger partial charge in [0.05, 0.1) is 5.60 Å². The molecule has 1 rings (SSSR count). The molecular formula is C16H33NO. The summed E-state index contributed by atoms with van der Waals surface area (Å²) in [5.74, 6) is 1.71. The predicted molar refractivity (Wildman–Crippen MR) is 78.7 cm³/mol. The summed E-state index contributed by atoms with van der Waals surface area (Å²) in [6.07, 6.45) is 8.41. The van der Waals surface area contributed by atoms with Crippen LogP contribution in [0.15, 0.2) is 0 Å². The zero-order chi connectivity index (χ0) is 13.6. The normalized spacial score (nSPS) is 25.7. The highest BCUT2D eigenvalue weighted by molar-refractivity contribution is 4.83. The molecule has 2 nitrogen and oxygen atoms in total. The van der Waals surface area contributed by atoms with Crippen LogP contribution in [0, 0.1) is 11.8 Å². The Kier molecular flexibility index (Phi) is 6.65. The Bertz CT molecular complexity index is 223. The van der Waals surface area contributed by atoms with E-state index < -0.39 is 5.60 Å². The number of hydrogen-bond acceptors (Lipinski definition) is 2. The molecule has 0 saturated heterocycles. The van der Waals surface area contributed by atoms with Crippen LogP contribution in [-0.4, -0.2) is 23.3 Å². The molecule has 0 spiro atoms. The number of rotatable bonds is 7. The van der Waals surface area contributed by atoms with E-state index in [0.717, 1.165) is 31.2 Å². The second kappa shape index (κ2) is 7.49. The van der Waals surface area contributed by atoms with Gasteiger partial charge in [-0.15, -0.1) is 0 Å². The Morgan fingerprint density at radius 1 is 1.22 bits per heavy atom. The summed E-state index contributed by atoms with van der Waals surface area (Å²) in [5, 5.41) is 13.9. The number of aliphatic hydroxyl groups is 1. The standard InChI is InChI=1S/C16H33NO/c1-5-16(18,6-2)12-17-15-9-7-8-14(11-15)10-13(3)4/h13-15,17-18H,5-12H2,1-4H3. The first-order valence-electron chi connectivity index (χ1n) is 7.94. The molecule has 0 aromatic carbocycles. The lowest BCUT2D eigenvalue weighted by molar-refractivity contribution is 0.0274. The highest BCUT2D eigenvalue weighted by Gasteiger charge is 2.26. The molecule has 1 saturated carbocycles. The van der Waals surface area contributed by atoms with Crippen molar-refractivity contribution in [2.75, 3.05) is 6.54 Å². The first-order chi connectivity index (χ1) is 8.49. The van der Waals surface area contributed by atoms with Crippen LogP contribution < -0.4 is 5.32 Å². The molecule has 2 atom stereocenters. The van der Waals surface area contributed by atoms with Crippen molar-refractivity contribution in [1.82, 2.24) is 5.32 Å². The quantitative estimate of drug-likeness (QED) is 0.726. The van der Waals surface area contributed by atoms with E-state index in [0.29, 0.717) is 6.04 Å². The van der Waals surface area contributed by atoms with Crippen LogP contribution in [0.3, 0.4) is 0 Å². The van der Waals surface area contributed by atoms with Gasteiger partial charge in [-0.1, -0.05) is 40.5 Å². The monoisotopic (exact) mass is 255 g/mol. The largest absolute Gasteiger partial charge is 0.389 e. The van der Waals surface area contributed by atoms with Gasteiger partial charge < -0.3 is 10.4 Å². The predicted octanol–water partition coefficient (Wildman–Crippen LogP) is 3.73. The van der Waals surface area contributed by atoms with Crippen LogP contribution in [0.25, 0.3) is 0 Å². The summed E-state index contributed by atoms with van der Waals surface area (Å²) in [5.41, 5.74) is -0.495. The third-order valence-corrected chi connectivity index (χ3v) is 4.62. The van der Waals surface area contributed by atoms with Crippen molar-refractivity contribution in [2.24, 2.45) is 11.8 Å². The van der Waals surface area contributed by atoms with Gasteiger partial charge in [-0.3, -0.25) is 0 Å². The van der Waals surface area contributed by atoms with Crippen LogP contribution in [0.5, 0.6) is 0 Å². The highest BCUT2D eigenvalue weighted by atomic mass is 16.3. The molecule has 18 heavy (non-hydrogen) atoms. The maximum absolute atomic E-state index is 10.3. The number of nitrogens with one attached hydrogen (secondary N) is 1. The molecule has 0 bridgehead atoms. The zero-order valence-electron chi connectivity index (χ0n) is 12.8. The molecule has 0 aromatic heterocycles. The lowest BCUT2D eigenvalue weighted by Crippen LogP contribution is -2.45. The molecule has 1 aliphatic rings. The summed E-state index contributed by atoms with van der Waals surface area (Å²) >= 11 is 0. The average molecular weight is 255 g/mol. The van der Waals surface area contributed by atoms with Gasteiger partial charge in [0.15, 0.2) is 0 Å². The smallest absolute Gasteiger partial charge is 0.0766 e. The molecule has 2 N–H and O–H groups in total. The highest BCUT2D eigenvalue weighted by Crippen LogP contribution is 2.29. The van der Waals surface area contributed by atoms with Gasteiger partial charge in [0, 0.05) is 12.6 Å². The van der Waals surface area contributed by atoms with E-state index >= 15 is 0 Å². The molecule has 1 fully saturated rings. The summed E-state index contributed by atoms with van der Waals surface area (Å²) in [6.45, 7) is 9.56. The van der Waals surface area contributed by atoms with E-state index in [1.165, 1.54) is 32.1 Å². The molecular weight excluding hydrogens is 222 g/mol. The first-order valence-corrected chi connectivity index (χ1v) is 7.94. The van der Waals surface area contributed by atoms with Crippen molar-refractivity contribution in [1.29, 1.82) is 0 Å². The molecule has 0 aromatic rings. The van der Waals surface area contributed by atoms with E-state index in [4.69, 9.17) is 0 Å². The maximum atomic E-state index is 10.3. The van der Waals surface area contributed by atoms with Gasteiger partial charge in [-0.05, 0) is 43.9 Å². The second-order valence-corrected chi connectivity index (χ2v) is 6.67. The van der Waals surface area contributed by atoms with Gasteiger partial charge in [0.2, 0.25) is 0 Å². The van der Waals surface area contributed by atoms with E-state index in [1.807, 2.05) is 0 Å². The SMILES string of the molecule is CCC(O)(CC)CNC1CCCC(CC(C)C)C1. The van der Waals surface area contributed by atoms with E-state index in [-0.39, 0.29) is 0 Å². The lowest BCUT2D eigenvalue weighted by atomic mass is 9.81. The van der Waals surface area contributed by atoms with Gasteiger partial charge in [0.25, 0.3) is 0 Å². The van der Waals surface area contributed by atoms with Crippen molar-refractivity contribution >= 4 is 0 Å². The maximum Gasteiger partial charge on any atom is 0.0766 e. The van der Waals surface area contributed by atoms with Crippen molar-refractivity contribution < 1.29 is 5.11 Å². The topological polar surface area (TPSA) is 32.3 Å². The van der Waals surface area contributed by atoms with Gasteiger partial charge >= 0.3 is 0 Å². The van der Waals surface area contributed by atoms with Crippen molar-refractivity contribution in [2.45, 2.75) is 84.3 Å². The minimum absolute atomic E-state index is 0.495. The van der Waals surface area contributed by atoms with Crippen molar-refractivity contribution in [3.8, 4) is 0 Å². The Hall–Kier alpha value is -0.0800. The molecule has 2 unspecified atom stereocenters. The lowest BCUT2D eigenvalue weighted by Gasteiger charge is -2.34.